The van der Waals surface area contributed by atoms with Crippen LogP contribution in [0.1, 0.15) is 28.9 Å². The van der Waals surface area contributed by atoms with Gasteiger partial charge < -0.3 is 14.7 Å². The second-order valence-corrected chi connectivity index (χ2v) is 7.36. The lowest BCUT2D eigenvalue weighted by atomic mass is 10.0. The van der Waals surface area contributed by atoms with Gasteiger partial charge in [-0.15, -0.1) is 0 Å². The third-order valence-electron chi connectivity index (χ3n) is 5.27. The van der Waals surface area contributed by atoms with E-state index in [0.717, 1.165) is 25.9 Å². The molecule has 1 fully saturated rings. The van der Waals surface area contributed by atoms with E-state index in [4.69, 9.17) is 4.52 Å². The van der Waals surface area contributed by atoms with Gasteiger partial charge in [-0.2, -0.15) is 0 Å². The average Bonchev–Trinajstić information content (AvgIpc) is 3.10. The summed E-state index contributed by atoms with van der Waals surface area (Å²) in [4.78, 5) is 30.4. The summed E-state index contributed by atoms with van der Waals surface area (Å²) in [6.07, 6.45) is 1.77. The largest absolute Gasteiger partial charge is 0.349 e. The van der Waals surface area contributed by atoms with Crippen molar-refractivity contribution >= 4 is 22.7 Å². The Morgan fingerprint density at radius 3 is 2.79 bits per heavy atom. The van der Waals surface area contributed by atoms with Gasteiger partial charge in [0.25, 0.3) is 17.3 Å². The van der Waals surface area contributed by atoms with E-state index >= 15 is 0 Å². The fraction of sp³-hybridized carbons (Fsp3) is 0.350. The standard InChI is InChI=1S/C20H21N5O4/c1-12-18-16(19(26)21-14-6-8-24(2)9-7-14)11-17(22-20(18)29-23-12)13-4-3-5-15(10-13)25(27)28/h3-5,10-11,14H,6-9H2,1-2H3,(H,21,26). The molecule has 0 unspecified atom stereocenters. The number of nitrogens with zero attached hydrogens (tertiary/aromatic N) is 4. The molecule has 29 heavy (non-hydrogen) atoms. The van der Waals surface area contributed by atoms with Gasteiger partial charge in [-0.05, 0) is 46.0 Å². The van der Waals surface area contributed by atoms with Gasteiger partial charge in [0.05, 0.1) is 27.3 Å². The predicted molar refractivity (Wildman–Crippen MR) is 107 cm³/mol. The molecule has 3 heterocycles. The summed E-state index contributed by atoms with van der Waals surface area (Å²) >= 11 is 0. The Balaban J connectivity index is 1.73. The minimum atomic E-state index is -0.464. The second-order valence-electron chi connectivity index (χ2n) is 7.36. The first kappa shape index (κ1) is 19.0. The van der Waals surface area contributed by atoms with Gasteiger partial charge in [-0.3, -0.25) is 14.9 Å². The minimum absolute atomic E-state index is 0.0459. The number of pyridine rings is 1. The molecule has 1 saturated heterocycles. The highest BCUT2D eigenvalue weighted by Crippen LogP contribution is 2.29. The van der Waals surface area contributed by atoms with E-state index in [0.29, 0.717) is 27.9 Å². The molecule has 1 N–H and O–H groups in total. The highest BCUT2D eigenvalue weighted by Gasteiger charge is 2.23. The van der Waals surface area contributed by atoms with Crippen molar-refractivity contribution in [3.63, 3.8) is 0 Å². The Morgan fingerprint density at radius 2 is 2.07 bits per heavy atom. The molecule has 0 aliphatic carbocycles. The lowest BCUT2D eigenvalue weighted by molar-refractivity contribution is -0.384. The molecule has 1 amide bonds. The zero-order valence-corrected chi connectivity index (χ0v) is 16.2. The molecule has 4 rings (SSSR count). The zero-order valence-electron chi connectivity index (χ0n) is 16.2. The van der Waals surface area contributed by atoms with Crippen LogP contribution in [-0.4, -0.2) is 52.1 Å². The number of piperidine rings is 1. The third-order valence-corrected chi connectivity index (χ3v) is 5.27. The van der Waals surface area contributed by atoms with Crippen LogP contribution in [0.3, 0.4) is 0 Å². The number of aryl methyl sites for hydroxylation is 1. The van der Waals surface area contributed by atoms with Crippen molar-refractivity contribution in [2.24, 2.45) is 0 Å². The fourth-order valence-corrected chi connectivity index (χ4v) is 3.62. The Bertz CT molecular complexity index is 1090. The number of rotatable bonds is 4. The number of likely N-dealkylation sites (tertiary alicyclic amines) is 1. The van der Waals surface area contributed by atoms with Crippen molar-refractivity contribution in [2.45, 2.75) is 25.8 Å². The van der Waals surface area contributed by atoms with Crippen molar-refractivity contribution in [3.05, 3.63) is 51.7 Å². The van der Waals surface area contributed by atoms with Gasteiger partial charge in [-0.1, -0.05) is 17.3 Å². The quantitative estimate of drug-likeness (QED) is 0.533. The Kier molecular flexibility index (Phi) is 4.98. The normalized spacial score (nSPS) is 15.5. The molecule has 9 heteroatoms. The summed E-state index contributed by atoms with van der Waals surface area (Å²) in [5.41, 5.74) is 2.13. The molecule has 0 atom stereocenters. The SMILES string of the molecule is Cc1noc2nc(-c3cccc([N+](=O)[O-])c3)cc(C(=O)NC3CCN(C)CC3)c12. The number of hydrogen-bond acceptors (Lipinski definition) is 7. The Morgan fingerprint density at radius 1 is 1.31 bits per heavy atom. The molecule has 2 aromatic heterocycles. The Labute approximate surface area is 166 Å². The smallest absolute Gasteiger partial charge is 0.270 e. The molecule has 150 valence electrons. The molecule has 0 radical (unpaired) electrons. The molecule has 0 spiro atoms. The first-order valence-electron chi connectivity index (χ1n) is 9.43. The van der Waals surface area contributed by atoms with Gasteiger partial charge in [0.1, 0.15) is 0 Å². The molecular formula is C20H21N5O4. The number of hydrogen-bond donors (Lipinski definition) is 1. The topological polar surface area (TPSA) is 114 Å². The van der Waals surface area contributed by atoms with Crippen LogP contribution in [0, 0.1) is 17.0 Å². The summed E-state index contributed by atoms with van der Waals surface area (Å²) in [6, 6.07) is 7.88. The van der Waals surface area contributed by atoms with Crippen LogP contribution in [0.4, 0.5) is 5.69 Å². The van der Waals surface area contributed by atoms with E-state index in [-0.39, 0.29) is 23.3 Å². The van der Waals surface area contributed by atoms with Crippen LogP contribution >= 0.6 is 0 Å². The van der Waals surface area contributed by atoms with Crippen LogP contribution < -0.4 is 5.32 Å². The van der Waals surface area contributed by atoms with Gasteiger partial charge in [-0.25, -0.2) is 4.98 Å². The van der Waals surface area contributed by atoms with Gasteiger partial charge >= 0.3 is 0 Å². The summed E-state index contributed by atoms with van der Waals surface area (Å²) in [7, 11) is 2.07. The van der Waals surface area contributed by atoms with Crippen LogP contribution in [0.25, 0.3) is 22.4 Å². The Hall–Kier alpha value is -3.33. The maximum absolute atomic E-state index is 13.1. The lowest BCUT2D eigenvalue weighted by Crippen LogP contribution is -2.43. The van der Waals surface area contributed by atoms with Gasteiger partial charge in [0.15, 0.2) is 0 Å². The summed E-state index contributed by atoms with van der Waals surface area (Å²) in [6.45, 7) is 3.62. The maximum atomic E-state index is 13.1. The van der Waals surface area contributed by atoms with Crippen molar-refractivity contribution in [2.75, 3.05) is 20.1 Å². The number of nitro groups is 1. The number of carbonyl (C=O) groups is 1. The summed E-state index contributed by atoms with van der Waals surface area (Å²) in [5, 5.41) is 18.7. The number of fused-ring (bicyclic) bond motifs is 1. The van der Waals surface area contributed by atoms with Crippen LogP contribution in [0.2, 0.25) is 0 Å². The molecule has 1 aromatic carbocycles. The first-order valence-corrected chi connectivity index (χ1v) is 9.43. The number of nitro benzene ring substituents is 1. The van der Waals surface area contributed by atoms with E-state index in [1.54, 1.807) is 25.1 Å². The third kappa shape index (κ3) is 3.81. The van der Waals surface area contributed by atoms with Crippen LogP contribution in [0.15, 0.2) is 34.9 Å². The number of amides is 1. The molecule has 1 aliphatic heterocycles. The average molecular weight is 395 g/mol. The molecule has 9 nitrogen and oxygen atoms in total. The number of carbonyl (C=O) groups excluding carboxylic acids is 1. The van der Waals surface area contributed by atoms with Crippen molar-refractivity contribution < 1.29 is 14.2 Å². The van der Waals surface area contributed by atoms with E-state index in [2.05, 4.69) is 27.4 Å². The maximum Gasteiger partial charge on any atom is 0.270 e. The summed E-state index contributed by atoms with van der Waals surface area (Å²) in [5.74, 6) is -0.218. The molecular weight excluding hydrogens is 374 g/mol. The number of benzene rings is 1. The second kappa shape index (κ2) is 7.59. The van der Waals surface area contributed by atoms with Crippen molar-refractivity contribution in [1.82, 2.24) is 20.4 Å². The van der Waals surface area contributed by atoms with E-state index in [9.17, 15) is 14.9 Å². The van der Waals surface area contributed by atoms with Crippen LogP contribution in [0.5, 0.6) is 0 Å². The molecule has 0 saturated carbocycles. The predicted octanol–water partition coefficient (Wildman–Crippen LogP) is 2.93. The summed E-state index contributed by atoms with van der Waals surface area (Å²) < 4.78 is 5.30. The molecule has 1 aliphatic rings. The zero-order chi connectivity index (χ0) is 20.5. The lowest BCUT2D eigenvalue weighted by Gasteiger charge is -2.29. The van der Waals surface area contributed by atoms with Crippen molar-refractivity contribution in [3.8, 4) is 11.3 Å². The van der Waals surface area contributed by atoms with Gasteiger partial charge in [0, 0.05) is 23.7 Å². The fourth-order valence-electron chi connectivity index (χ4n) is 3.62. The number of non-ortho nitro benzene ring substituents is 1. The first-order chi connectivity index (χ1) is 13.9. The number of aromatic nitrogens is 2. The highest BCUT2D eigenvalue weighted by molar-refractivity contribution is 6.07. The van der Waals surface area contributed by atoms with E-state index in [1.165, 1.54) is 12.1 Å². The van der Waals surface area contributed by atoms with Gasteiger partial charge in [0.2, 0.25) is 0 Å². The number of nitrogens with one attached hydrogen (secondary N) is 1. The van der Waals surface area contributed by atoms with E-state index < -0.39 is 4.92 Å². The minimum Gasteiger partial charge on any atom is -0.349 e. The van der Waals surface area contributed by atoms with Crippen LogP contribution in [-0.2, 0) is 0 Å². The highest BCUT2D eigenvalue weighted by atomic mass is 16.6. The molecule has 3 aromatic rings. The molecule has 0 bridgehead atoms. The van der Waals surface area contributed by atoms with Crippen molar-refractivity contribution in [1.29, 1.82) is 0 Å². The van der Waals surface area contributed by atoms with E-state index in [1.807, 2.05) is 0 Å². The monoisotopic (exact) mass is 395 g/mol.